The molecule has 38 heavy (non-hydrogen) atoms. The molecule has 3 aromatic rings. The number of hydrogen-bond donors (Lipinski definition) is 3. The van der Waals surface area contributed by atoms with Crippen LogP contribution in [0.1, 0.15) is 28.8 Å². The first-order chi connectivity index (χ1) is 18.3. The lowest BCUT2D eigenvalue weighted by molar-refractivity contribution is -0.128. The molecule has 10 nitrogen and oxygen atoms in total. The fourth-order valence-corrected chi connectivity index (χ4v) is 5.44. The molecule has 1 aliphatic heterocycles. The maximum Gasteiger partial charge on any atom is 0.337 e. The van der Waals surface area contributed by atoms with Crippen LogP contribution < -0.4 is 10.9 Å². The molecule has 2 aromatic carbocycles. The molecule has 4 rings (SSSR count). The number of esters is 1. The van der Waals surface area contributed by atoms with Crippen molar-refractivity contribution in [1.29, 1.82) is 0 Å². The Morgan fingerprint density at radius 2 is 1.87 bits per heavy atom. The minimum Gasteiger partial charge on any atom is -0.465 e. The first kappa shape index (κ1) is 27.4. The Kier molecular flexibility index (Phi) is 9.15. The van der Waals surface area contributed by atoms with Crippen LogP contribution in [-0.4, -0.2) is 62.3 Å². The van der Waals surface area contributed by atoms with Gasteiger partial charge in [-0.05, 0) is 42.3 Å². The van der Waals surface area contributed by atoms with Crippen LogP contribution in [0.25, 0.3) is 17.1 Å². The van der Waals surface area contributed by atoms with Crippen molar-refractivity contribution in [2.75, 3.05) is 19.4 Å². The van der Waals surface area contributed by atoms with E-state index in [0.29, 0.717) is 26.4 Å². The second kappa shape index (κ2) is 12.7. The van der Waals surface area contributed by atoms with E-state index in [1.807, 2.05) is 24.3 Å². The van der Waals surface area contributed by atoms with Crippen LogP contribution in [0.4, 0.5) is 0 Å². The van der Waals surface area contributed by atoms with Gasteiger partial charge in [0, 0.05) is 13.0 Å². The second-order valence-electron chi connectivity index (χ2n) is 7.99. The summed E-state index contributed by atoms with van der Waals surface area (Å²) in [6.07, 6.45) is 2.16. The number of aromatic amines is 1. The fraction of sp³-hybridized carbons (Fsp3) is 0.200. The zero-order valence-electron chi connectivity index (χ0n) is 20.2. The third-order valence-corrected chi connectivity index (χ3v) is 7.59. The maximum atomic E-state index is 12.8. The zero-order valence-corrected chi connectivity index (χ0v) is 22.6. The number of H-pyrrole nitrogens is 1. The molecule has 1 aliphatic rings. The van der Waals surface area contributed by atoms with E-state index in [-0.39, 0.29) is 36.4 Å². The van der Waals surface area contributed by atoms with E-state index in [1.165, 1.54) is 35.5 Å². The molecule has 1 saturated heterocycles. The standard InChI is InChI=1S/C25H23N5O5S3/c1-35-23(34)16-10-8-15(9-11-16)13-19-22(33)30(25(36)38-19)12-4-7-20(31)28-29-21(32)14-37-24-26-17-5-2-3-6-18(17)27-24/h2-3,5-6,8-11,13H,4,7,12,14H2,1H3,(H,26,27)(H,28,31)(H,29,32). The molecular formula is C25H23N5O5S3. The van der Waals surface area contributed by atoms with Gasteiger partial charge in [-0.15, -0.1) is 0 Å². The normalized spacial score (nSPS) is 14.2. The number of nitrogens with zero attached hydrogens (tertiary/aromatic N) is 2. The van der Waals surface area contributed by atoms with Crippen LogP contribution >= 0.6 is 35.7 Å². The van der Waals surface area contributed by atoms with Gasteiger partial charge in [-0.2, -0.15) is 0 Å². The Morgan fingerprint density at radius 1 is 1.13 bits per heavy atom. The molecule has 0 aliphatic carbocycles. The van der Waals surface area contributed by atoms with Crippen LogP contribution in [0.5, 0.6) is 0 Å². The molecule has 3 N–H and O–H groups in total. The van der Waals surface area contributed by atoms with Gasteiger partial charge >= 0.3 is 5.97 Å². The van der Waals surface area contributed by atoms with E-state index in [1.54, 1.807) is 30.3 Å². The average Bonchev–Trinajstić information content (AvgIpc) is 3.46. The highest BCUT2D eigenvalue weighted by Gasteiger charge is 2.31. The van der Waals surface area contributed by atoms with Gasteiger partial charge in [-0.25, -0.2) is 9.78 Å². The van der Waals surface area contributed by atoms with Crippen LogP contribution in [0.2, 0.25) is 0 Å². The Labute approximate surface area is 231 Å². The van der Waals surface area contributed by atoms with Crippen molar-refractivity contribution in [3.63, 3.8) is 0 Å². The third kappa shape index (κ3) is 7.00. The van der Waals surface area contributed by atoms with Crippen molar-refractivity contribution in [1.82, 2.24) is 25.7 Å². The fourth-order valence-electron chi connectivity index (χ4n) is 3.44. The summed E-state index contributed by atoms with van der Waals surface area (Å²) in [5.74, 6) is -1.35. The van der Waals surface area contributed by atoms with Gasteiger partial charge in [-0.3, -0.25) is 30.1 Å². The smallest absolute Gasteiger partial charge is 0.337 e. The monoisotopic (exact) mass is 569 g/mol. The van der Waals surface area contributed by atoms with E-state index in [2.05, 4.69) is 25.6 Å². The van der Waals surface area contributed by atoms with Gasteiger partial charge in [0.15, 0.2) is 5.16 Å². The van der Waals surface area contributed by atoms with Gasteiger partial charge in [0.05, 0.1) is 34.4 Å². The number of aromatic nitrogens is 2. The summed E-state index contributed by atoms with van der Waals surface area (Å²) in [5, 5.41) is 0.614. The lowest BCUT2D eigenvalue weighted by atomic mass is 10.1. The summed E-state index contributed by atoms with van der Waals surface area (Å²) in [6, 6.07) is 14.2. The summed E-state index contributed by atoms with van der Waals surface area (Å²) in [6.45, 7) is 0.270. The molecule has 3 amide bonds. The molecule has 0 saturated carbocycles. The van der Waals surface area contributed by atoms with Crippen LogP contribution in [-0.2, 0) is 19.1 Å². The van der Waals surface area contributed by atoms with Crippen LogP contribution in [0, 0.1) is 0 Å². The summed E-state index contributed by atoms with van der Waals surface area (Å²) < 4.78 is 5.09. The number of thiocarbonyl (C=S) groups is 1. The van der Waals surface area contributed by atoms with Crippen molar-refractivity contribution >= 4 is 80.9 Å². The third-order valence-electron chi connectivity index (χ3n) is 5.34. The van der Waals surface area contributed by atoms with Crippen molar-refractivity contribution in [2.45, 2.75) is 18.0 Å². The quantitative estimate of drug-likeness (QED) is 0.117. The molecule has 196 valence electrons. The predicted molar refractivity (Wildman–Crippen MR) is 150 cm³/mol. The van der Waals surface area contributed by atoms with E-state index in [9.17, 15) is 19.2 Å². The number of hydrogen-bond acceptors (Lipinski definition) is 9. The molecule has 0 spiro atoms. The molecule has 0 unspecified atom stereocenters. The van der Waals surface area contributed by atoms with E-state index in [4.69, 9.17) is 12.2 Å². The Morgan fingerprint density at radius 3 is 2.61 bits per heavy atom. The van der Waals surface area contributed by atoms with Crippen molar-refractivity contribution in [3.8, 4) is 0 Å². The lowest BCUT2D eigenvalue weighted by Gasteiger charge is -2.14. The van der Waals surface area contributed by atoms with Crippen molar-refractivity contribution in [3.05, 3.63) is 64.6 Å². The predicted octanol–water partition coefficient (Wildman–Crippen LogP) is 3.27. The highest BCUT2D eigenvalue weighted by atomic mass is 32.2. The second-order valence-corrected chi connectivity index (χ2v) is 10.6. The molecule has 0 atom stereocenters. The Bertz CT molecular complexity index is 1390. The number of para-hydroxylation sites is 2. The Hall–Kier alpha value is -3.68. The van der Waals surface area contributed by atoms with Crippen LogP contribution in [0.15, 0.2) is 58.6 Å². The molecule has 0 bridgehead atoms. The number of methoxy groups -OCH3 is 1. The molecular weight excluding hydrogens is 547 g/mol. The summed E-state index contributed by atoms with van der Waals surface area (Å²) >= 11 is 7.74. The summed E-state index contributed by atoms with van der Waals surface area (Å²) in [7, 11) is 1.31. The van der Waals surface area contributed by atoms with Gasteiger partial charge in [-0.1, -0.05) is 60.0 Å². The number of nitrogens with one attached hydrogen (secondary N) is 3. The number of hydrazine groups is 1. The van der Waals surface area contributed by atoms with Gasteiger partial charge in [0.1, 0.15) is 4.32 Å². The molecule has 13 heteroatoms. The number of ether oxygens (including phenoxy) is 1. The number of thioether (sulfide) groups is 2. The Balaban J connectivity index is 1.18. The molecule has 2 heterocycles. The number of amides is 3. The van der Waals surface area contributed by atoms with Gasteiger partial charge in [0.2, 0.25) is 11.8 Å². The minimum atomic E-state index is -0.437. The highest BCUT2D eigenvalue weighted by Crippen LogP contribution is 2.32. The van der Waals surface area contributed by atoms with Gasteiger partial charge < -0.3 is 9.72 Å². The van der Waals surface area contributed by atoms with E-state index >= 15 is 0 Å². The largest absolute Gasteiger partial charge is 0.465 e. The SMILES string of the molecule is COC(=O)c1ccc(C=C2SC(=S)N(CCCC(=O)NNC(=O)CSc3nc4ccccc4[nH]3)C2=O)cc1. The number of imidazole rings is 1. The van der Waals surface area contributed by atoms with E-state index in [0.717, 1.165) is 16.6 Å². The van der Waals surface area contributed by atoms with Crippen molar-refractivity contribution < 1.29 is 23.9 Å². The summed E-state index contributed by atoms with van der Waals surface area (Å²) in [5.41, 5.74) is 7.62. The molecule has 1 fully saturated rings. The first-order valence-electron chi connectivity index (χ1n) is 11.4. The molecule has 1 aromatic heterocycles. The average molecular weight is 570 g/mol. The van der Waals surface area contributed by atoms with Crippen molar-refractivity contribution in [2.24, 2.45) is 0 Å². The number of carbonyl (C=O) groups is 4. The van der Waals surface area contributed by atoms with Gasteiger partial charge in [0.25, 0.3) is 5.91 Å². The van der Waals surface area contributed by atoms with E-state index < -0.39 is 5.97 Å². The number of rotatable bonds is 9. The maximum absolute atomic E-state index is 12.8. The van der Waals surface area contributed by atoms with Crippen LogP contribution in [0.3, 0.4) is 0 Å². The number of fused-ring (bicyclic) bond motifs is 1. The minimum absolute atomic E-state index is 0.0778. The first-order valence-corrected chi connectivity index (χ1v) is 13.6. The zero-order chi connectivity index (χ0) is 27.1. The number of benzene rings is 2. The molecule has 0 radical (unpaired) electrons. The summed E-state index contributed by atoms with van der Waals surface area (Å²) in [4.78, 5) is 58.0. The highest BCUT2D eigenvalue weighted by molar-refractivity contribution is 8.26. The topological polar surface area (TPSA) is 133 Å². The lowest BCUT2D eigenvalue weighted by Crippen LogP contribution is -2.42. The number of carbonyl (C=O) groups excluding carboxylic acids is 4.